The smallest absolute Gasteiger partial charge is 0.227 e. The van der Waals surface area contributed by atoms with E-state index in [0.29, 0.717) is 0 Å². The van der Waals surface area contributed by atoms with Gasteiger partial charge < -0.3 is 19.3 Å². The monoisotopic (exact) mass is 366 g/mol. The van der Waals surface area contributed by atoms with E-state index < -0.39 is 0 Å². The van der Waals surface area contributed by atoms with Gasteiger partial charge in [0.15, 0.2) is 0 Å². The summed E-state index contributed by atoms with van der Waals surface area (Å²) in [4.78, 5) is 14.3. The summed E-state index contributed by atoms with van der Waals surface area (Å²) in [6.45, 7) is 8.15. The summed E-state index contributed by atoms with van der Waals surface area (Å²) in [6, 6.07) is 10.6. The average Bonchev–Trinajstić information content (AvgIpc) is 2.72. The molecule has 6 heteroatoms. The fourth-order valence-corrected chi connectivity index (χ4v) is 4.32. The van der Waals surface area contributed by atoms with E-state index >= 15 is 0 Å². The fraction of sp³-hybridized carbons (Fsp3) is 0.524. The molecule has 0 amide bonds. The van der Waals surface area contributed by atoms with Gasteiger partial charge in [0, 0.05) is 43.4 Å². The molecular formula is C21H26N4O2. The van der Waals surface area contributed by atoms with Crippen LogP contribution in [0.15, 0.2) is 30.3 Å². The summed E-state index contributed by atoms with van der Waals surface area (Å²) >= 11 is 0. The molecule has 3 aliphatic rings. The van der Waals surface area contributed by atoms with Crippen molar-refractivity contribution in [3.05, 3.63) is 41.6 Å². The van der Waals surface area contributed by atoms with Gasteiger partial charge in [0.25, 0.3) is 0 Å². The van der Waals surface area contributed by atoms with Crippen LogP contribution in [0, 0.1) is 5.41 Å². The maximum atomic E-state index is 6.05. The first kappa shape index (κ1) is 16.8. The van der Waals surface area contributed by atoms with Crippen LogP contribution in [0.1, 0.15) is 18.2 Å². The van der Waals surface area contributed by atoms with Crippen LogP contribution in [0.4, 0.5) is 11.8 Å². The van der Waals surface area contributed by atoms with Gasteiger partial charge >= 0.3 is 0 Å². The lowest BCUT2D eigenvalue weighted by atomic mass is 9.74. The lowest BCUT2D eigenvalue weighted by Crippen LogP contribution is -2.61. The molecule has 0 atom stereocenters. The molecule has 0 unspecified atom stereocenters. The molecule has 5 rings (SSSR count). The Kier molecular flexibility index (Phi) is 4.16. The van der Waals surface area contributed by atoms with E-state index in [0.717, 1.165) is 82.1 Å². The van der Waals surface area contributed by atoms with E-state index in [1.54, 1.807) is 0 Å². The summed E-state index contributed by atoms with van der Waals surface area (Å²) < 4.78 is 11.5. The van der Waals surface area contributed by atoms with Crippen molar-refractivity contribution >= 4 is 11.8 Å². The van der Waals surface area contributed by atoms with Crippen LogP contribution in [0.5, 0.6) is 5.75 Å². The molecule has 1 spiro atoms. The first-order valence-electron chi connectivity index (χ1n) is 9.91. The standard InChI is InChI=1S/C21H26N4O2/c1-2-17-11-19(23-20(22-17)24-7-9-26-10-8-24)25-13-21(14-25)12-16-5-3-4-6-18(16)27-15-21/h3-6,11H,2,7-10,12-15H2,1H3. The van der Waals surface area contributed by atoms with Crippen molar-refractivity contribution < 1.29 is 9.47 Å². The van der Waals surface area contributed by atoms with E-state index in [9.17, 15) is 0 Å². The highest BCUT2D eigenvalue weighted by molar-refractivity contribution is 5.50. The van der Waals surface area contributed by atoms with Crippen LogP contribution in [0.25, 0.3) is 0 Å². The molecule has 142 valence electrons. The first-order valence-corrected chi connectivity index (χ1v) is 9.91. The molecule has 0 radical (unpaired) electrons. The predicted molar refractivity (Wildman–Crippen MR) is 105 cm³/mol. The number of hydrogen-bond donors (Lipinski definition) is 0. The molecule has 2 aromatic rings. The first-order chi connectivity index (χ1) is 13.2. The Labute approximate surface area is 160 Å². The average molecular weight is 366 g/mol. The number of aromatic nitrogens is 2. The number of morpholine rings is 1. The number of benzene rings is 1. The highest BCUT2D eigenvalue weighted by atomic mass is 16.5. The second kappa shape index (κ2) is 6.68. The maximum absolute atomic E-state index is 6.05. The van der Waals surface area contributed by atoms with Crippen LogP contribution in [0.2, 0.25) is 0 Å². The molecule has 0 bridgehead atoms. The van der Waals surface area contributed by atoms with Crippen molar-refractivity contribution in [1.82, 2.24) is 9.97 Å². The third-order valence-corrected chi connectivity index (χ3v) is 5.86. The Bertz CT molecular complexity index is 829. The van der Waals surface area contributed by atoms with Crippen molar-refractivity contribution in [2.24, 2.45) is 5.41 Å². The number of rotatable bonds is 3. The largest absolute Gasteiger partial charge is 0.493 e. The molecule has 6 nitrogen and oxygen atoms in total. The minimum atomic E-state index is 0.213. The second-order valence-corrected chi connectivity index (χ2v) is 7.90. The van der Waals surface area contributed by atoms with Crippen molar-refractivity contribution in [2.75, 3.05) is 55.8 Å². The molecule has 1 aromatic heterocycles. The number of para-hydroxylation sites is 1. The number of hydrogen-bond acceptors (Lipinski definition) is 6. The SMILES string of the molecule is CCc1cc(N2CC3(COc4ccccc4C3)C2)nc(N2CCOCC2)n1. The molecular weight excluding hydrogens is 340 g/mol. The molecule has 2 saturated heterocycles. The zero-order valence-corrected chi connectivity index (χ0v) is 15.9. The number of fused-ring (bicyclic) bond motifs is 1. The Hall–Kier alpha value is -2.34. The van der Waals surface area contributed by atoms with Gasteiger partial charge in [0.05, 0.1) is 19.8 Å². The lowest BCUT2D eigenvalue weighted by Gasteiger charge is -2.52. The zero-order chi connectivity index (χ0) is 18.3. The van der Waals surface area contributed by atoms with Gasteiger partial charge in [-0.3, -0.25) is 0 Å². The summed E-state index contributed by atoms with van der Waals surface area (Å²) in [5, 5.41) is 0. The van der Waals surface area contributed by atoms with Gasteiger partial charge in [-0.2, -0.15) is 4.98 Å². The van der Waals surface area contributed by atoms with Crippen molar-refractivity contribution in [2.45, 2.75) is 19.8 Å². The van der Waals surface area contributed by atoms with E-state index in [-0.39, 0.29) is 5.41 Å². The Morgan fingerprint density at radius 1 is 1.07 bits per heavy atom. The lowest BCUT2D eigenvalue weighted by molar-refractivity contribution is 0.0874. The summed E-state index contributed by atoms with van der Waals surface area (Å²) in [5.41, 5.74) is 2.65. The summed E-state index contributed by atoms with van der Waals surface area (Å²) in [7, 11) is 0. The van der Waals surface area contributed by atoms with Crippen LogP contribution < -0.4 is 14.5 Å². The minimum absolute atomic E-state index is 0.213. The van der Waals surface area contributed by atoms with Gasteiger partial charge in [-0.25, -0.2) is 4.98 Å². The third kappa shape index (κ3) is 3.12. The van der Waals surface area contributed by atoms with Gasteiger partial charge in [0.1, 0.15) is 11.6 Å². The second-order valence-electron chi connectivity index (χ2n) is 7.90. The summed E-state index contributed by atoms with van der Waals surface area (Å²) in [5.74, 6) is 2.94. The molecule has 2 fully saturated rings. The van der Waals surface area contributed by atoms with Crippen LogP contribution >= 0.6 is 0 Å². The fourth-order valence-electron chi connectivity index (χ4n) is 4.32. The number of ether oxygens (including phenoxy) is 2. The van der Waals surface area contributed by atoms with E-state index in [4.69, 9.17) is 19.4 Å². The molecule has 0 N–H and O–H groups in total. The van der Waals surface area contributed by atoms with Gasteiger partial charge in [-0.1, -0.05) is 25.1 Å². The van der Waals surface area contributed by atoms with Crippen LogP contribution in [-0.4, -0.2) is 56.0 Å². The molecule has 0 aliphatic carbocycles. The number of nitrogens with zero attached hydrogens (tertiary/aromatic N) is 4. The molecule has 1 aromatic carbocycles. The van der Waals surface area contributed by atoms with Gasteiger partial charge in [0.2, 0.25) is 5.95 Å². The van der Waals surface area contributed by atoms with E-state index in [1.807, 2.05) is 6.07 Å². The van der Waals surface area contributed by atoms with E-state index in [2.05, 4.69) is 41.0 Å². The van der Waals surface area contributed by atoms with Crippen molar-refractivity contribution in [1.29, 1.82) is 0 Å². The Balaban J connectivity index is 1.34. The number of aryl methyl sites for hydroxylation is 1. The van der Waals surface area contributed by atoms with E-state index in [1.165, 1.54) is 5.56 Å². The zero-order valence-electron chi connectivity index (χ0n) is 15.9. The Morgan fingerprint density at radius 3 is 2.70 bits per heavy atom. The molecule has 3 aliphatic heterocycles. The van der Waals surface area contributed by atoms with Gasteiger partial charge in [-0.05, 0) is 24.5 Å². The van der Waals surface area contributed by atoms with Crippen LogP contribution in [-0.2, 0) is 17.6 Å². The predicted octanol–water partition coefficient (Wildman–Crippen LogP) is 2.32. The highest BCUT2D eigenvalue weighted by Crippen LogP contribution is 2.42. The highest BCUT2D eigenvalue weighted by Gasteiger charge is 2.47. The van der Waals surface area contributed by atoms with Crippen molar-refractivity contribution in [3.63, 3.8) is 0 Å². The third-order valence-electron chi connectivity index (χ3n) is 5.86. The Morgan fingerprint density at radius 2 is 1.89 bits per heavy atom. The summed E-state index contributed by atoms with van der Waals surface area (Å²) in [6.07, 6.45) is 2.00. The quantitative estimate of drug-likeness (QED) is 0.831. The maximum Gasteiger partial charge on any atom is 0.227 e. The molecule has 27 heavy (non-hydrogen) atoms. The van der Waals surface area contributed by atoms with Crippen molar-refractivity contribution in [3.8, 4) is 5.75 Å². The molecule has 0 saturated carbocycles. The number of anilines is 2. The topological polar surface area (TPSA) is 50.7 Å². The van der Waals surface area contributed by atoms with Gasteiger partial charge in [-0.15, -0.1) is 0 Å². The normalized spacial score (nSPS) is 20.8. The molecule has 4 heterocycles. The minimum Gasteiger partial charge on any atom is -0.493 e. The van der Waals surface area contributed by atoms with Crippen LogP contribution in [0.3, 0.4) is 0 Å².